The lowest BCUT2D eigenvalue weighted by Crippen LogP contribution is -2.35. The molecule has 0 amide bonds. The van der Waals surface area contributed by atoms with Crippen LogP contribution in [-0.4, -0.2) is 36.7 Å². The lowest BCUT2D eigenvalue weighted by Gasteiger charge is -2.42. The Hall–Kier alpha value is -2.82. The summed E-state index contributed by atoms with van der Waals surface area (Å²) in [6.45, 7) is 9.32. The summed E-state index contributed by atoms with van der Waals surface area (Å²) >= 11 is 0. The van der Waals surface area contributed by atoms with E-state index in [4.69, 9.17) is 0 Å². The highest BCUT2D eigenvalue weighted by atomic mass is 15.1. The lowest BCUT2D eigenvalue weighted by molar-refractivity contribution is 0.158. The maximum Gasteiger partial charge on any atom is 0.0783 e. The molecule has 2 aromatic carbocycles. The van der Waals surface area contributed by atoms with E-state index in [1.165, 1.54) is 44.2 Å². The average Bonchev–Trinajstić information content (AvgIpc) is 3.49. The van der Waals surface area contributed by atoms with Crippen LogP contribution in [0.2, 0.25) is 0 Å². The Bertz CT molecular complexity index is 1450. The molecule has 3 atom stereocenters. The number of fused-ring (bicyclic) bond motifs is 6. The minimum atomic E-state index is 0.201. The predicted molar refractivity (Wildman–Crippen MR) is 152 cm³/mol. The summed E-state index contributed by atoms with van der Waals surface area (Å²) in [6, 6.07) is 18.3. The van der Waals surface area contributed by atoms with Gasteiger partial charge in [0.1, 0.15) is 0 Å². The fourth-order valence-corrected chi connectivity index (χ4v) is 7.65. The summed E-state index contributed by atoms with van der Waals surface area (Å²) in [5, 5.41) is 9.62. The molecule has 0 spiro atoms. The first kappa shape index (κ1) is 23.6. The number of H-pyrrole nitrogens is 1. The van der Waals surface area contributed by atoms with E-state index in [0.29, 0.717) is 11.8 Å². The minimum Gasteiger partial charge on any atom is -0.356 e. The molecule has 6 rings (SSSR count). The van der Waals surface area contributed by atoms with Gasteiger partial charge in [-0.3, -0.25) is 0 Å². The fraction of sp³-hybridized carbons (Fsp3) is 0.438. The fourth-order valence-electron chi connectivity index (χ4n) is 7.65. The Labute approximate surface area is 215 Å². The number of rotatable bonds is 7. The standard InChI is InChI=1S/C32H40N4/c1-20-18-25-28(32(2,3)19-20)31(29-23(14-16-33-4)21-10-6-8-12-26(21)35-29)36-27-13-9-7-11-22(27)24(30(25)36)15-17-34-5/h6-13,18,25,28,31,33-35H,14-17,19H2,1-5H3/t25-,28+,31+/m1/s1. The van der Waals surface area contributed by atoms with Gasteiger partial charge in [0.15, 0.2) is 0 Å². The summed E-state index contributed by atoms with van der Waals surface area (Å²) in [5.41, 5.74) is 10.4. The van der Waals surface area contributed by atoms with Crippen molar-refractivity contribution >= 4 is 21.8 Å². The molecule has 4 aromatic rings. The maximum absolute atomic E-state index is 3.97. The highest BCUT2D eigenvalue weighted by Crippen LogP contribution is 2.61. The van der Waals surface area contributed by atoms with Gasteiger partial charge in [-0.1, -0.05) is 61.9 Å². The second-order valence-electron chi connectivity index (χ2n) is 11.7. The zero-order valence-electron chi connectivity index (χ0n) is 22.4. The second kappa shape index (κ2) is 8.93. The summed E-state index contributed by atoms with van der Waals surface area (Å²) in [4.78, 5) is 3.97. The smallest absolute Gasteiger partial charge is 0.0783 e. The summed E-state index contributed by atoms with van der Waals surface area (Å²) in [5.74, 6) is 0.942. The number of aromatic amines is 1. The van der Waals surface area contributed by atoms with E-state index in [9.17, 15) is 0 Å². The van der Waals surface area contributed by atoms with Crippen LogP contribution in [-0.2, 0) is 12.8 Å². The average molecular weight is 481 g/mol. The Morgan fingerprint density at radius 3 is 2.33 bits per heavy atom. The van der Waals surface area contributed by atoms with E-state index >= 15 is 0 Å². The highest BCUT2D eigenvalue weighted by Gasteiger charge is 2.52. The molecule has 36 heavy (non-hydrogen) atoms. The molecule has 4 nitrogen and oxygen atoms in total. The van der Waals surface area contributed by atoms with Crippen LogP contribution in [0.4, 0.5) is 0 Å². The molecule has 0 unspecified atom stereocenters. The topological polar surface area (TPSA) is 44.8 Å². The first-order valence-electron chi connectivity index (χ1n) is 13.6. The molecule has 4 heteroatoms. The molecule has 0 radical (unpaired) electrons. The quantitative estimate of drug-likeness (QED) is 0.271. The Morgan fingerprint density at radius 1 is 0.917 bits per heavy atom. The molecule has 2 aromatic heterocycles. The number of nitrogens with zero attached hydrogens (tertiary/aromatic N) is 1. The van der Waals surface area contributed by atoms with Gasteiger partial charge in [-0.2, -0.15) is 0 Å². The number of allylic oxidation sites excluding steroid dienone is 2. The van der Waals surface area contributed by atoms with Gasteiger partial charge in [-0.25, -0.2) is 0 Å². The summed E-state index contributed by atoms with van der Waals surface area (Å²) in [6.07, 6.45) is 5.85. The number of nitrogens with one attached hydrogen (secondary N) is 3. The Kier molecular flexibility index (Phi) is 5.85. The number of aromatic nitrogens is 2. The van der Waals surface area contributed by atoms with Crippen molar-refractivity contribution in [2.75, 3.05) is 27.2 Å². The van der Waals surface area contributed by atoms with Crippen LogP contribution in [0, 0.1) is 11.3 Å². The number of hydrogen-bond acceptors (Lipinski definition) is 2. The second-order valence-corrected chi connectivity index (χ2v) is 11.7. The first-order chi connectivity index (χ1) is 17.5. The van der Waals surface area contributed by atoms with Gasteiger partial charge in [-0.05, 0) is 82.0 Å². The molecule has 188 valence electrons. The molecule has 0 saturated heterocycles. The summed E-state index contributed by atoms with van der Waals surface area (Å²) < 4.78 is 2.75. The van der Waals surface area contributed by atoms with Gasteiger partial charge in [0.25, 0.3) is 0 Å². The van der Waals surface area contributed by atoms with Crippen LogP contribution in [0.15, 0.2) is 60.2 Å². The molecular formula is C32H40N4. The third-order valence-corrected chi connectivity index (χ3v) is 8.87. The van der Waals surface area contributed by atoms with Gasteiger partial charge >= 0.3 is 0 Å². The van der Waals surface area contributed by atoms with Crippen LogP contribution in [0.3, 0.4) is 0 Å². The van der Waals surface area contributed by atoms with Gasteiger partial charge in [0, 0.05) is 45.0 Å². The van der Waals surface area contributed by atoms with Crippen molar-refractivity contribution in [3.05, 3.63) is 82.7 Å². The van der Waals surface area contributed by atoms with Crippen LogP contribution < -0.4 is 10.6 Å². The zero-order chi connectivity index (χ0) is 25.0. The SMILES string of the molecule is CNCCc1c([C@@H]2[C@@H]3[C@@H](C=C(C)CC3(C)C)c3c(CCNC)c4ccccc4n32)[nH]c2ccccc12. The van der Waals surface area contributed by atoms with Crippen LogP contribution in [0.5, 0.6) is 0 Å². The number of hydrogen-bond donors (Lipinski definition) is 3. The first-order valence-corrected chi connectivity index (χ1v) is 13.6. The normalized spacial score (nSPS) is 22.7. The van der Waals surface area contributed by atoms with Crippen molar-refractivity contribution in [3.63, 3.8) is 0 Å². The van der Waals surface area contributed by atoms with Crippen molar-refractivity contribution in [2.24, 2.45) is 11.3 Å². The van der Waals surface area contributed by atoms with Crippen LogP contribution in [0.25, 0.3) is 21.8 Å². The molecule has 0 bridgehead atoms. The lowest BCUT2D eigenvalue weighted by atomic mass is 9.62. The van der Waals surface area contributed by atoms with Gasteiger partial charge in [-0.15, -0.1) is 0 Å². The summed E-state index contributed by atoms with van der Waals surface area (Å²) in [7, 11) is 4.12. The van der Waals surface area contributed by atoms with E-state index in [2.05, 4.69) is 110 Å². The van der Waals surface area contributed by atoms with Gasteiger partial charge in [0.05, 0.1) is 6.04 Å². The zero-order valence-corrected chi connectivity index (χ0v) is 22.4. The Balaban J connectivity index is 1.67. The molecule has 2 aliphatic rings. The largest absolute Gasteiger partial charge is 0.356 e. The van der Waals surface area contributed by atoms with E-state index in [1.807, 2.05) is 0 Å². The maximum atomic E-state index is 3.97. The number of likely N-dealkylation sites (N-methyl/N-ethyl adjacent to an activating group) is 2. The minimum absolute atomic E-state index is 0.201. The molecular weight excluding hydrogens is 440 g/mol. The third kappa shape index (κ3) is 3.49. The van der Waals surface area contributed by atoms with Crippen molar-refractivity contribution in [3.8, 4) is 0 Å². The van der Waals surface area contributed by atoms with Crippen molar-refractivity contribution in [2.45, 2.75) is 52.0 Å². The van der Waals surface area contributed by atoms with E-state index in [0.717, 1.165) is 32.4 Å². The van der Waals surface area contributed by atoms with Crippen LogP contribution >= 0.6 is 0 Å². The van der Waals surface area contributed by atoms with E-state index < -0.39 is 0 Å². The van der Waals surface area contributed by atoms with Crippen molar-refractivity contribution < 1.29 is 0 Å². The molecule has 0 saturated carbocycles. The molecule has 0 fully saturated rings. The molecule has 3 heterocycles. The van der Waals surface area contributed by atoms with Crippen molar-refractivity contribution in [1.29, 1.82) is 0 Å². The van der Waals surface area contributed by atoms with Gasteiger partial charge < -0.3 is 20.2 Å². The van der Waals surface area contributed by atoms with Crippen molar-refractivity contribution in [1.82, 2.24) is 20.2 Å². The Morgan fingerprint density at radius 2 is 1.58 bits per heavy atom. The number of benzene rings is 2. The highest BCUT2D eigenvalue weighted by molar-refractivity contribution is 5.88. The van der Waals surface area contributed by atoms with E-state index in [1.54, 1.807) is 5.69 Å². The van der Waals surface area contributed by atoms with E-state index in [-0.39, 0.29) is 11.5 Å². The predicted octanol–water partition coefficient (Wildman–Crippen LogP) is 6.33. The van der Waals surface area contributed by atoms with Gasteiger partial charge in [0.2, 0.25) is 0 Å². The molecule has 1 aliphatic carbocycles. The number of para-hydroxylation sites is 2. The molecule has 3 N–H and O–H groups in total. The third-order valence-electron chi connectivity index (χ3n) is 8.87. The van der Waals surface area contributed by atoms with Crippen LogP contribution in [0.1, 0.15) is 61.7 Å². The monoisotopic (exact) mass is 480 g/mol. The molecule has 1 aliphatic heterocycles.